The van der Waals surface area contributed by atoms with Crippen LogP contribution in [-0.4, -0.2) is 72.1 Å². The van der Waals surface area contributed by atoms with E-state index in [1.165, 1.54) is 11.3 Å². The first-order valence-electron chi connectivity index (χ1n) is 10.8. The lowest BCUT2D eigenvalue weighted by atomic mass is 10.00. The van der Waals surface area contributed by atoms with Crippen molar-refractivity contribution < 1.29 is 14.7 Å². The predicted octanol–water partition coefficient (Wildman–Crippen LogP) is 2.81. The summed E-state index contributed by atoms with van der Waals surface area (Å²) in [5.74, 6) is -0.284. The third-order valence-electron chi connectivity index (χ3n) is 6.71. The molecule has 5 rings (SSSR count). The molecular weight excluding hydrogens is 414 g/mol. The fourth-order valence-electron chi connectivity index (χ4n) is 4.54. The standard InChI is InChI=1S/C24H26ClN3O3/c1-26-9-6-17-14-16(3-5-21(17)26)19-4-2-18(15-20(19)25)22(29)27-10-12-28(13-11-27)23(30)24(31)7-8-24/h2-5,14-15,31H,6-13H2,1H3. The number of piperazine rings is 1. The van der Waals surface area contributed by atoms with E-state index in [1.807, 2.05) is 12.1 Å². The Morgan fingerprint density at radius 2 is 1.68 bits per heavy atom. The largest absolute Gasteiger partial charge is 0.380 e. The zero-order valence-electron chi connectivity index (χ0n) is 17.6. The summed E-state index contributed by atoms with van der Waals surface area (Å²) in [6.07, 6.45) is 2.10. The molecule has 6 nitrogen and oxygen atoms in total. The van der Waals surface area contributed by atoms with E-state index in [-0.39, 0.29) is 11.8 Å². The van der Waals surface area contributed by atoms with Gasteiger partial charge in [0.05, 0.1) is 0 Å². The summed E-state index contributed by atoms with van der Waals surface area (Å²) in [4.78, 5) is 30.9. The number of anilines is 1. The second-order valence-corrected chi connectivity index (χ2v) is 9.23. The zero-order valence-corrected chi connectivity index (χ0v) is 18.4. The molecule has 0 radical (unpaired) electrons. The van der Waals surface area contributed by atoms with E-state index in [2.05, 4.69) is 30.1 Å². The molecule has 1 saturated heterocycles. The van der Waals surface area contributed by atoms with E-state index in [4.69, 9.17) is 11.6 Å². The Hall–Kier alpha value is -2.57. The molecule has 2 aromatic carbocycles. The Morgan fingerprint density at radius 1 is 0.968 bits per heavy atom. The molecule has 7 heteroatoms. The summed E-state index contributed by atoms with van der Waals surface area (Å²) in [7, 11) is 2.10. The number of likely N-dealkylation sites (N-methyl/N-ethyl adjacent to an activating group) is 1. The van der Waals surface area contributed by atoms with E-state index < -0.39 is 5.60 Å². The number of aliphatic hydroxyl groups is 1. The number of carbonyl (C=O) groups excluding carboxylic acids is 2. The smallest absolute Gasteiger partial charge is 0.254 e. The van der Waals surface area contributed by atoms with Gasteiger partial charge < -0.3 is 19.8 Å². The van der Waals surface area contributed by atoms with Crippen LogP contribution in [0, 0.1) is 0 Å². The van der Waals surface area contributed by atoms with E-state index in [0.29, 0.717) is 49.6 Å². The summed E-state index contributed by atoms with van der Waals surface area (Å²) in [6, 6.07) is 11.9. The van der Waals surface area contributed by atoms with Crippen LogP contribution >= 0.6 is 11.6 Å². The van der Waals surface area contributed by atoms with Gasteiger partial charge in [-0.05, 0) is 54.7 Å². The van der Waals surface area contributed by atoms with Crippen LogP contribution in [0.3, 0.4) is 0 Å². The molecular formula is C24H26ClN3O3. The van der Waals surface area contributed by atoms with Gasteiger partial charge in [-0.2, -0.15) is 0 Å². The second kappa shape index (κ2) is 7.53. The van der Waals surface area contributed by atoms with E-state index >= 15 is 0 Å². The number of rotatable bonds is 3. The lowest BCUT2D eigenvalue weighted by molar-refractivity contribution is -0.143. The molecule has 3 aliphatic rings. The molecule has 1 aliphatic carbocycles. The summed E-state index contributed by atoms with van der Waals surface area (Å²) in [6.45, 7) is 2.83. The second-order valence-electron chi connectivity index (χ2n) is 8.83. The molecule has 2 fully saturated rings. The third kappa shape index (κ3) is 3.68. The van der Waals surface area contributed by atoms with Crippen LogP contribution in [0.4, 0.5) is 5.69 Å². The minimum Gasteiger partial charge on any atom is -0.380 e. The first-order chi connectivity index (χ1) is 14.9. The zero-order chi connectivity index (χ0) is 21.8. The lowest BCUT2D eigenvalue weighted by Gasteiger charge is -2.35. The number of hydrogen-bond donors (Lipinski definition) is 1. The number of hydrogen-bond acceptors (Lipinski definition) is 4. The van der Waals surface area contributed by atoms with E-state index in [0.717, 1.165) is 24.1 Å². The topological polar surface area (TPSA) is 64.1 Å². The number of fused-ring (bicyclic) bond motifs is 1. The number of benzene rings is 2. The van der Waals surface area contributed by atoms with Crippen LogP contribution in [0.5, 0.6) is 0 Å². The molecule has 0 aromatic heterocycles. The average molecular weight is 440 g/mol. The summed E-state index contributed by atoms with van der Waals surface area (Å²) in [5.41, 5.74) is 3.96. The fraction of sp³-hybridized carbons (Fsp3) is 0.417. The Kier molecular flexibility index (Phi) is 4.94. The Bertz CT molecular complexity index is 1060. The highest BCUT2D eigenvalue weighted by atomic mass is 35.5. The third-order valence-corrected chi connectivity index (χ3v) is 7.02. The van der Waals surface area contributed by atoms with Crippen molar-refractivity contribution in [3.8, 4) is 11.1 Å². The van der Waals surface area contributed by atoms with Crippen LogP contribution in [0.2, 0.25) is 5.02 Å². The maximum absolute atomic E-state index is 13.0. The van der Waals surface area contributed by atoms with Crippen molar-refractivity contribution in [2.45, 2.75) is 24.9 Å². The van der Waals surface area contributed by atoms with Crippen LogP contribution in [0.25, 0.3) is 11.1 Å². The lowest BCUT2D eigenvalue weighted by Crippen LogP contribution is -2.53. The van der Waals surface area contributed by atoms with Crippen LogP contribution in [-0.2, 0) is 11.2 Å². The van der Waals surface area contributed by atoms with Crippen molar-refractivity contribution in [3.63, 3.8) is 0 Å². The maximum atomic E-state index is 13.0. The van der Waals surface area contributed by atoms with Crippen molar-refractivity contribution in [2.24, 2.45) is 0 Å². The number of carbonyl (C=O) groups is 2. The molecule has 2 aromatic rings. The van der Waals surface area contributed by atoms with Gasteiger partial charge in [-0.3, -0.25) is 9.59 Å². The number of halogens is 1. The Labute approximate surface area is 187 Å². The monoisotopic (exact) mass is 439 g/mol. The average Bonchev–Trinajstić information content (AvgIpc) is 3.44. The predicted molar refractivity (Wildman–Crippen MR) is 121 cm³/mol. The normalized spacial score (nSPS) is 19.4. The first kappa shape index (κ1) is 20.3. The van der Waals surface area contributed by atoms with Crippen LogP contribution < -0.4 is 4.90 Å². The summed E-state index contributed by atoms with van der Waals surface area (Å²) >= 11 is 6.59. The Morgan fingerprint density at radius 3 is 2.35 bits per heavy atom. The van der Waals surface area contributed by atoms with Gasteiger partial charge in [-0.1, -0.05) is 23.7 Å². The van der Waals surface area contributed by atoms with Gasteiger partial charge in [-0.25, -0.2) is 0 Å². The highest BCUT2D eigenvalue weighted by Gasteiger charge is 2.50. The van der Waals surface area contributed by atoms with Crippen molar-refractivity contribution in [3.05, 3.63) is 52.5 Å². The van der Waals surface area contributed by atoms with Crippen LogP contribution in [0.1, 0.15) is 28.8 Å². The molecule has 162 valence electrons. The molecule has 31 heavy (non-hydrogen) atoms. The molecule has 0 unspecified atom stereocenters. The molecule has 0 bridgehead atoms. The number of amides is 2. The highest BCUT2D eigenvalue weighted by molar-refractivity contribution is 6.33. The first-order valence-corrected chi connectivity index (χ1v) is 11.2. The van der Waals surface area contributed by atoms with Gasteiger partial charge in [0.1, 0.15) is 5.60 Å². The molecule has 1 saturated carbocycles. The van der Waals surface area contributed by atoms with Gasteiger partial charge in [0.15, 0.2) is 0 Å². The molecule has 0 atom stereocenters. The summed E-state index contributed by atoms with van der Waals surface area (Å²) < 4.78 is 0. The molecule has 2 amide bonds. The molecule has 0 spiro atoms. The highest BCUT2D eigenvalue weighted by Crippen LogP contribution is 2.37. The van der Waals surface area contributed by atoms with Crippen molar-refractivity contribution in [1.82, 2.24) is 9.80 Å². The van der Waals surface area contributed by atoms with Gasteiger partial charge in [0.25, 0.3) is 11.8 Å². The Balaban J connectivity index is 1.28. The van der Waals surface area contributed by atoms with Gasteiger partial charge >= 0.3 is 0 Å². The van der Waals surface area contributed by atoms with Gasteiger partial charge in [-0.15, -0.1) is 0 Å². The quantitative estimate of drug-likeness (QED) is 0.798. The molecule has 2 heterocycles. The fourth-order valence-corrected chi connectivity index (χ4v) is 4.83. The number of nitrogens with zero attached hydrogens (tertiary/aromatic N) is 3. The van der Waals surface area contributed by atoms with Crippen molar-refractivity contribution in [2.75, 3.05) is 44.7 Å². The van der Waals surface area contributed by atoms with Crippen LogP contribution in [0.15, 0.2) is 36.4 Å². The summed E-state index contributed by atoms with van der Waals surface area (Å²) in [5, 5.41) is 10.6. The van der Waals surface area contributed by atoms with E-state index in [9.17, 15) is 14.7 Å². The van der Waals surface area contributed by atoms with Gasteiger partial charge in [0, 0.05) is 61.6 Å². The van der Waals surface area contributed by atoms with E-state index in [1.54, 1.807) is 15.9 Å². The van der Waals surface area contributed by atoms with Crippen molar-refractivity contribution >= 4 is 29.1 Å². The minimum atomic E-state index is -1.15. The SMILES string of the molecule is CN1CCc2cc(-c3ccc(C(=O)N4CCN(C(=O)C5(O)CC5)CC4)cc3Cl)ccc21. The van der Waals surface area contributed by atoms with Gasteiger partial charge in [0.2, 0.25) is 0 Å². The van der Waals surface area contributed by atoms with Crippen molar-refractivity contribution in [1.29, 1.82) is 0 Å². The molecule has 1 N–H and O–H groups in total. The maximum Gasteiger partial charge on any atom is 0.254 e. The minimum absolute atomic E-state index is 0.0822. The molecule has 2 aliphatic heterocycles.